The second kappa shape index (κ2) is 8.22. The van der Waals surface area contributed by atoms with Gasteiger partial charge in [0.2, 0.25) is 10.0 Å². The zero-order valence-electron chi connectivity index (χ0n) is 16.2. The summed E-state index contributed by atoms with van der Waals surface area (Å²) in [6, 6.07) is 13.9. The number of fused-ring (bicyclic) bond motifs is 1. The number of piperidine rings is 1. The first-order chi connectivity index (χ1) is 14.0. The fraction of sp³-hybridized carbons (Fsp3) is 0.333. The molecule has 1 aliphatic heterocycles. The van der Waals surface area contributed by atoms with Crippen LogP contribution in [0.15, 0.2) is 53.4 Å². The molecule has 1 fully saturated rings. The largest absolute Gasteiger partial charge is 0.298 e. The van der Waals surface area contributed by atoms with E-state index in [-0.39, 0.29) is 16.8 Å². The van der Waals surface area contributed by atoms with Crippen LogP contribution in [0.4, 0.5) is 5.13 Å². The predicted octanol–water partition coefficient (Wildman–Crippen LogP) is 4.50. The van der Waals surface area contributed by atoms with Crippen LogP contribution in [0.3, 0.4) is 0 Å². The lowest BCUT2D eigenvalue weighted by Crippen LogP contribution is -2.43. The summed E-state index contributed by atoms with van der Waals surface area (Å²) >= 11 is 1.40. The van der Waals surface area contributed by atoms with Crippen LogP contribution in [0.2, 0.25) is 0 Å². The fourth-order valence-electron chi connectivity index (χ4n) is 3.71. The molecule has 2 heterocycles. The quantitative estimate of drug-likeness (QED) is 0.648. The van der Waals surface area contributed by atoms with Crippen molar-refractivity contribution in [2.45, 2.75) is 43.5 Å². The molecule has 0 bridgehead atoms. The lowest BCUT2D eigenvalue weighted by atomic mass is 10.0. The molecule has 1 N–H and O–H groups in total. The highest BCUT2D eigenvalue weighted by Crippen LogP contribution is 2.28. The molecule has 3 aromatic rings. The third-order valence-electron chi connectivity index (χ3n) is 5.28. The van der Waals surface area contributed by atoms with Crippen molar-refractivity contribution < 1.29 is 13.2 Å². The number of aromatic nitrogens is 1. The van der Waals surface area contributed by atoms with Crippen LogP contribution in [0, 0.1) is 0 Å². The maximum Gasteiger partial charge on any atom is 0.257 e. The Labute approximate surface area is 174 Å². The van der Waals surface area contributed by atoms with Gasteiger partial charge in [0.05, 0.1) is 15.1 Å². The average Bonchev–Trinajstić information content (AvgIpc) is 3.16. The third kappa shape index (κ3) is 4.05. The van der Waals surface area contributed by atoms with E-state index in [9.17, 15) is 13.2 Å². The van der Waals surface area contributed by atoms with Crippen molar-refractivity contribution in [2.24, 2.45) is 0 Å². The second-order valence-electron chi connectivity index (χ2n) is 7.14. The van der Waals surface area contributed by atoms with E-state index >= 15 is 0 Å². The Morgan fingerprint density at radius 3 is 2.66 bits per heavy atom. The van der Waals surface area contributed by atoms with Crippen LogP contribution in [-0.2, 0) is 10.0 Å². The summed E-state index contributed by atoms with van der Waals surface area (Å²) in [4.78, 5) is 17.2. The van der Waals surface area contributed by atoms with Crippen LogP contribution in [0.5, 0.6) is 0 Å². The molecule has 2 aromatic carbocycles. The summed E-state index contributed by atoms with van der Waals surface area (Å²) in [5.74, 6) is -0.308. The molecule has 0 saturated carbocycles. The molecule has 1 saturated heterocycles. The van der Waals surface area contributed by atoms with Crippen LogP contribution < -0.4 is 5.32 Å². The van der Waals surface area contributed by atoms with Gasteiger partial charge in [0.15, 0.2) is 5.13 Å². The van der Waals surface area contributed by atoms with Crippen LogP contribution >= 0.6 is 11.3 Å². The van der Waals surface area contributed by atoms with Crippen molar-refractivity contribution in [1.29, 1.82) is 0 Å². The highest BCUT2D eigenvalue weighted by molar-refractivity contribution is 7.89. The third-order valence-corrected chi connectivity index (χ3v) is 8.20. The maximum absolute atomic E-state index is 13.0. The van der Waals surface area contributed by atoms with E-state index in [1.54, 1.807) is 16.4 Å². The highest BCUT2D eigenvalue weighted by Gasteiger charge is 2.32. The number of hydrogen-bond acceptors (Lipinski definition) is 5. The minimum absolute atomic E-state index is 0.0516. The van der Waals surface area contributed by atoms with Gasteiger partial charge >= 0.3 is 0 Å². The smallest absolute Gasteiger partial charge is 0.257 e. The minimum Gasteiger partial charge on any atom is -0.298 e. The van der Waals surface area contributed by atoms with E-state index in [1.807, 2.05) is 31.2 Å². The molecule has 1 amide bonds. The monoisotopic (exact) mass is 429 g/mol. The lowest BCUT2D eigenvalue weighted by molar-refractivity contribution is 0.102. The Kier molecular flexibility index (Phi) is 5.67. The van der Waals surface area contributed by atoms with Gasteiger partial charge in [-0.1, -0.05) is 36.8 Å². The zero-order valence-corrected chi connectivity index (χ0v) is 17.8. The molecule has 1 atom stereocenters. The van der Waals surface area contributed by atoms with Gasteiger partial charge in [-0.05, 0) is 55.7 Å². The first-order valence-corrected chi connectivity index (χ1v) is 12.0. The molecule has 1 aromatic heterocycles. The number of sulfonamides is 1. The lowest BCUT2D eigenvalue weighted by Gasteiger charge is -2.34. The van der Waals surface area contributed by atoms with Crippen molar-refractivity contribution >= 4 is 42.6 Å². The first kappa shape index (κ1) is 20.0. The summed E-state index contributed by atoms with van der Waals surface area (Å²) in [7, 11) is -3.55. The zero-order chi connectivity index (χ0) is 20.4. The van der Waals surface area contributed by atoms with Gasteiger partial charge in [-0.15, -0.1) is 0 Å². The molecule has 0 radical (unpaired) electrons. The van der Waals surface area contributed by atoms with Gasteiger partial charge in [-0.3, -0.25) is 10.1 Å². The number of carbonyl (C=O) groups is 1. The summed E-state index contributed by atoms with van der Waals surface area (Å²) in [6.07, 6.45) is 3.66. The number of amides is 1. The molecular weight excluding hydrogens is 406 g/mol. The van der Waals surface area contributed by atoms with E-state index in [2.05, 4.69) is 10.3 Å². The molecule has 4 rings (SSSR count). The molecule has 6 nitrogen and oxygen atoms in total. The Bertz CT molecular complexity index is 1090. The molecule has 0 spiro atoms. The van der Waals surface area contributed by atoms with Gasteiger partial charge in [-0.25, -0.2) is 13.4 Å². The van der Waals surface area contributed by atoms with E-state index in [4.69, 9.17) is 0 Å². The van der Waals surface area contributed by atoms with Crippen LogP contribution in [0.1, 0.15) is 43.0 Å². The number of nitrogens with one attached hydrogen (secondary N) is 1. The molecule has 152 valence electrons. The normalized spacial score (nSPS) is 18.0. The Morgan fingerprint density at radius 1 is 1.17 bits per heavy atom. The van der Waals surface area contributed by atoms with Gasteiger partial charge in [-0.2, -0.15) is 4.31 Å². The summed E-state index contributed by atoms with van der Waals surface area (Å²) in [5.41, 5.74) is 1.23. The number of hydrogen-bond donors (Lipinski definition) is 1. The van der Waals surface area contributed by atoms with Crippen LogP contribution in [0.25, 0.3) is 10.2 Å². The number of rotatable bonds is 5. The Hall–Kier alpha value is -2.29. The average molecular weight is 430 g/mol. The van der Waals surface area contributed by atoms with Gasteiger partial charge in [0.1, 0.15) is 0 Å². The number of para-hydroxylation sites is 1. The molecule has 0 aliphatic carbocycles. The Morgan fingerprint density at radius 2 is 1.93 bits per heavy atom. The Balaban J connectivity index is 1.51. The maximum atomic E-state index is 13.0. The number of nitrogens with zero attached hydrogens (tertiary/aromatic N) is 2. The number of anilines is 1. The van der Waals surface area contributed by atoms with Crippen molar-refractivity contribution in [3.63, 3.8) is 0 Å². The molecule has 1 aliphatic rings. The first-order valence-electron chi connectivity index (χ1n) is 9.78. The SMILES string of the molecule is CCC1CCCCN1S(=O)(=O)c1ccc(C(=O)Nc2nc3ccccc3s2)cc1. The number of carbonyl (C=O) groups excluding carboxylic acids is 1. The molecule has 29 heavy (non-hydrogen) atoms. The minimum atomic E-state index is -3.55. The van der Waals surface area contributed by atoms with Crippen molar-refractivity contribution in [2.75, 3.05) is 11.9 Å². The van der Waals surface area contributed by atoms with Gasteiger partial charge in [0.25, 0.3) is 5.91 Å². The van der Waals surface area contributed by atoms with Crippen molar-refractivity contribution in [3.05, 3.63) is 54.1 Å². The summed E-state index contributed by atoms with van der Waals surface area (Å²) in [6.45, 7) is 2.58. The molecule has 1 unspecified atom stereocenters. The van der Waals surface area contributed by atoms with Crippen molar-refractivity contribution in [3.8, 4) is 0 Å². The van der Waals surface area contributed by atoms with Gasteiger partial charge < -0.3 is 0 Å². The molecule has 8 heteroatoms. The number of benzene rings is 2. The summed E-state index contributed by atoms with van der Waals surface area (Å²) < 4.78 is 28.7. The van der Waals surface area contributed by atoms with Crippen LogP contribution in [-0.4, -0.2) is 36.2 Å². The predicted molar refractivity (Wildman–Crippen MR) is 116 cm³/mol. The topological polar surface area (TPSA) is 79.4 Å². The summed E-state index contributed by atoms with van der Waals surface area (Å²) in [5, 5.41) is 3.31. The van der Waals surface area contributed by atoms with Crippen molar-refractivity contribution in [1.82, 2.24) is 9.29 Å². The van der Waals surface area contributed by atoms with E-state index in [0.29, 0.717) is 17.2 Å². The van der Waals surface area contributed by atoms with E-state index < -0.39 is 10.0 Å². The molecular formula is C21H23N3O3S2. The van der Waals surface area contributed by atoms with E-state index in [1.165, 1.54) is 23.5 Å². The second-order valence-corrected chi connectivity index (χ2v) is 10.1. The fourth-order valence-corrected chi connectivity index (χ4v) is 6.34. The number of thiazole rings is 1. The highest BCUT2D eigenvalue weighted by atomic mass is 32.2. The van der Waals surface area contributed by atoms with E-state index in [0.717, 1.165) is 35.9 Å². The standard InChI is InChI=1S/C21H23N3O3S2/c1-2-16-7-5-6-14-24(16)29(26,27)17-12-10-15(11-13-17)20(25)23-21-22-18-8-3-4-9-19(18)28-21/h3-4,8-13,16H,2,5-7,14H2,1H3,(H,22,23,25). The van der Waals surface area contributed by atoms with Gasteiger partial charge in [0, 0.05) is 18.2 Å².